The maximum absolute atomic E-state index is 13.4. The van der Waals surface area contributed by atoms with Crippen LogP contribution < -0.4 is 15.4 Å². The van der Waals surface area contributed by atoms with Crippen LogP contribution in [0.15, 0.2) is 53.6 Å². The van der Waals surface area contributed by atoms with E-state index in [0.29, 0.717) is 21.1 Å². The van der Waals surface area contributed by atoms with E-state index < -0.39 is 27.7 Å². The van der Waals surface area contributed by atoms with Gasteiger partial charge in [-0.2, -0.15) is 0 Å². The monoisotopic (exact) mass is 576 g/mol. The van der Waals surface area contributed by atoms with E-state index in [4.69, 9.17) is 14.6 Å². The normalized spacial score (nSPS) is 11.8. The first-order chi connectivity index (χ1) is 18.3. The van der Waals surface area contributed by atoms with Crippen molar-refractivity contribution in [3.63, 3.8) is 0 Å². The van der Waals surface area contributed by atoms with Crippen LogP contribution >= 0.6 is 11.3 Å². The molecule has 210 valence electrons. The molecule has 0 aliphatic carbocycles. The lowest BCUT2D eigenvalue weighted by molar-refractivity contribution is 0.129. The standard InChI is InChI=1S/C26H32N4O7S2/c1-16(2)37-25(33)28-18-8-6-17(7-9-18)23-27-15-21(38-23)20-11-10-19(29-24(32)36-13-12-31)14-22(20)39(34,35)30-26(3,4)5/h6-11,14-16,30-31H,12-13H2,1-5H3,(H,28,33)(H,29,32). The molecular formula is C26H32N4O7S2. The van der Waals surface area contributed by atoms with Crippen molar-refractivity contribution in [1.29, 1.82) is 0 Å². The fourth-order valence-electron chi connectivity index (χ4n) is 3.37. The predicted molar refractivity (Wildman–Crippen MR) is 150 cm³/mol. The SMILES string of the molecule is CC(C)OC(=O)Nc1ccc(-c2ncc(-c3ccc(NC(=O)OCCO)cc3S(=O)(=O)NC(C)(C)C)s2)cc1. The van der Waals surface area contributed by atoms with Crippen molar-refractivity contribution in [2.75, 3.05) is 23.8 Å². The zero-order chi connectivity index (χ0) is 28.8. The summed E-state index contributed by atoms with van der Waals surface area (Å²) >= 11 is 1.29. The molecule has 0 saturated carbocycles. The Labute approximate surface area is 231 Å². The first-order valence-electron chi connectivity index (χ1n) is 12.0. The average Bonchev–Trinajstić information content (AvgIpc) is 3.31. The number of aliphatic hydroxyl groups is 1. The van der Waals surface area contributed by atoms with Crippen molar-refractivity contribution in [3.05, 3.63) is 48.7 Å². The van der Waals surface area contributed by atoms with Gasteiger partial charge in [-0.1, -0.05) is 6.07 Å². The molecule has 0 radical (unpaired) electrons. The van der Waals surface area contributed by atoms with E-state index >= 15 is 0 Å². The maximum Gasteiger partial charge on any atom is 0.411 e. The smallest absolute Gasteiger partial charge is 0.411 e. The van der Waals surface area contributed by atoms with E-state index in [2.05, 4.69) is 20.3 Å². The van der Waals surface area contributed by atoms with Crippen LogP contribution in [0.2, 0.25) is 0 Å². The predicted octanol–water partition coefficient (Wildman–Crippen LogP) is 5.05. The van der Waals surface area contributed by atoms with E-state index in [0.717, 1.165) is 5.56 Å². The average molecular weight is 577 g/mol. The Morgan fingerprint density at radius 1 is 1.03 bits per heavy atom. The van der Waals surface area contributed by atoms with Gasteiger partial charge in [-0.3, -0.25) is 10.6 Å². The molecule has 1 aromatic heterocycles. The zero-order valence-electron chi connectivity index (χ0n) is 22.3. The lowest BCUT2D eigenvalue weighted by Gasteiger charge is -2.22. The van der Waals surface area contributed by atoms with Crippen LogP contribution in [0, 0.1) is 0 Å². The van der Waals surface area contributed by atoms with Crippen molar-refractivity contribution < 1.29 is 32.6 Å². The Balaban J connectivity index is 1.92. The minimum atomic E-state index is -4.01. The van der Waals surface area contributed by atoms with Crippen LogP contribution in [0.1, 0.15) is 34.6 Å². The number of carbonyl (C=O) groups is 2. The zero-order valence-corrected chi connectivity index (χ0v) is 23.9. The summed E-state index contributed by atoms with van der Waals surface area (Å²) in [5.41, 5.74) is 1.19. The number of benzene rings is 2. The van der Waals surface area contributed by atoms with E-state index in [1.54, 1.807) is 77.2 Å². The number of ether oxygens (including phenoxy) is 2. The number of hydrogen-bond acceptors (Lipinski definition) is 9. The van der Waals surface area contributed by atoms with E-state index in [9.17, 15) is 18.0 Å². The molecule has 3 aromatic rings. The molecule has 1 heterocycles. The van der Waals surface area contributed by atoms with Gasteiger partial charge in [0.05, 0.1) is 22.5 Å². The highest BCUT2D eigenvalue weighted by Gasteiger charge is 2.26. The third-order valence-electron chi connectivity index (χ3n) is 4.77. The number of nitrogens with one attached hydrogen (secondary N) is 3. The second kappa shape index (κ2) is 12.6. The van der Waals surface area contributed by atoms with Crippen LogP contribution in [0.3, 0.4) is 0 Å². The summed E-state index contributed by atoms with van der Waals surface area (Å²) in [6.07, 6.45) is -0.0265. The molecule has 39 heavy (non-hydrogen) atoms. The molecule has 11 nitrogen and oxygen atoms in total. The van der Waals surface area contributed by atoms with Gasteiger partial charge in [0.2, 0.25) is 10.0 Å². The summed E-state index contributed by atoms with van der Waals surface area (Å²) in [5, 5.41) is 14.6. The van der Waals surface area contributed by atoms with Crippen molar-refractivity contribution in [2.24, 2.45) is 0 Å². The van der Waals surface area contributed by atoms with Gasteiger partial charge in [0.1, 0.15) is 11.6 Å². The van der Waals surface area contributed by atoms with Gasteiger partial charge >= 0.3 is 12.2 Å². The Morgan fingerprint density at radius 2 is 1.67 bits per heavy atom. The number of rotatable bonds is 9. The van der Waals surface area contributed by atoms with Crippen molar-refractivity contribution in [2.45, 2.75) is 51.2 Å². The summed E-state index contributed by atoms with van der Waals surface area (Å²) in [4.78, 5) is 28.8. The van der Waals surface area contributed by atoms with Gasteiger partial charge in [0, 0.05) is 34.2 Å². The quantitative estimate of drug-likeness (QED) is 0.276. The molecule has 2 aromatic carbocycles. The molecule has 0 bridgehead atoms. The van der Waals surface area contributed by atoms with E-state index in [1.807, 2.05) is 0 Å². The molecule has 2 amide bonds. The summed E-state index contributed by atoms with van der Waals surface area (Å²) in [5.74, 6) is 0. The fourth-order valence-corrected chi connectivity index (χ4v) is 6.06. The molecule has 3 rings (SSSR count). The fraction of sp³-hybridized carbons (Fsp3) is 0.346. The van der Waals surface area contributed by atoms with E-state index in [1.165, 1.54) is 17.4 Å². The van der Waals surface area contributed by atoms with Crippen molar-refractivity contribution >= 4 is 44.9 Å². The third kappa shape index (κ3) is 8.75. The highest BCUT2D eigenvalue weighted by Crippen LogP contribution is 2.37. The molecule has 4 N–H and O–H groups in total. The van der Waals surface area contributed by atoms with Gasteiger partial charge in [0.25, 0.3) is 0 Å². The maximum atomic E-state index is 13.4. The molecule has 0 aliphatic heterocycles. The Morgan fingerprint density at radius 3 is 2.28 bits per heavy atom. The van der Waals surface area contributed by atoms with Crippen LogP contribution in [0.4, 0.5) is 21.0 Å². The van der Waals surface area contributed by atoms with Gasteiger partial charge in [-0.15, -0.1) is 11.3 Å². The number of sulfonamides is 1. The lowest BCUT2D eigenvalue weighted by atomic mass is 10.1. The number of aromatic nitrogens is 1. The van der Waals surface area contributed by atoms with Gasteiger partial charge in [0.15, 0.2) is 0 Å². The topological polar surface area (TPSA) is 156 Å². The second-order valence-corrected chi connectivity index (χ2v) is 12.4. The molecule has 0 fully saturated rings. The Kier molecular flexibility index (Phi) is 9.67. The highest BCUT2D eigenvalue weighted by atomic mass is 32.2. The first kappa shape index (κ1) is 30.0. The third-order valence-corrected chi connectivity index (χ3v) is 7.65. The molecule has 0 spiro atoms. The van der Waals surface area contributed by atoms with Crippen LogP contribution in [-0.2, 0) is 19.5 Å². The minimum Gasteiger partial charge on any atom is -0.447 e. The molecular weight excluding hydrogens is 544 g/mol. The van der Waals surface area contributed by atoms with Crippen LogP contribution in [0.25, 0.3) is 21.0 Å². The van der Waals surface area contributed by atoms with E-state index in [-0.39, 0.29) is 29.9 Å². The second-order valence-electron chi connectivity index (χ2n) is 9.74. The number of nitrogens with zero attached hydrogens (tertiary/aromatic N) is 1. The summed E-state index contributed by atoms with van der Waals surface area (Å²) in [7, 11) is -4.01. The molecule has 0 unspecified atom stereocenters. The van der Waals surface area contributed by atoms with Gasteiger partial charge in [-0.05, 0) is 71.0 Å². The molecule has 13 heteroatoms. The van der Waals surface area contributed by atoms with Crippen molar-refractivity contribution in [1.82, 2.24) is 9.71 Å². The van der Waals surface area contributed by atoms with Crippen molar-refractivity contribution in [3.8, 4) is 21.0 Å². The summed E-state index contributed by atoms with van der Waals surface area (Å²) < 4.78 is 39.3. The summed E-state index contributed by atoms with van der Waals surface area (Å²) in [6, 6.07) is 11.5. The highest BCUT2D eigenvalue weighted by molar-refractivity contribution is 7.89. The number of anilines is 2. The number of aliphatic hydroxyl groups excluding tert-OH is 1. The number of hydrogen-bond donors (Lipinski definition) is 4. The number of thiazole rings is 1. The largest absolute Gasteiger partial charge is 0.447 e. The Hall–Kier alpha value is -3.52. The molecule has 0 aliphatic rings. The number of amides is 2. The minimum absolute atomic E-state index is 0.0456. The van der Waals surface area contributed by atoms with Crippen LogP contribution in [0.5, 0.6) is 0 Å². The Bertz CT molecular complexity index is 1410. The van der Waals surface area contributed by atoms with Crippen LogP contribution in [-0.4, -0.2) is 55.6 Å². The summed E-state index contributed by atoms with van der Waals surface area (Å²) in [6.45, 7) is 8.17. The lowest BCUT2D eigenvalue weighted by Crippen LogP contribution is -2.40. The molecule has 0 saturated heterocycles. The van der Waals surface area contributed by atoms with Gasteiger partial charge < -0.3 is 14.6 Å². The molecule has 0 atom stereocenters. The number of carbonyl (C=O) groups excluding carboxylic acids is 2. The first-order valence-corrected chi connectivity index (χ1v) is 14.3. The van der Waals surface area contributed by atoms with Gasteiger partial charge in [-0.25, -0.2) is 27.7 Å².